The molecule has 1 unspecified atom stereocenters. The van der Waals surface area contributed by atoms with E-state index in [4.69, 9.17) is 5.73 Å². The molecule has 2 rings (SSSR count). The Bertz CT molecular complexity index is 633. The van der Waals surface area contributed by atoms with E-state index < -0.39 is 15.8 Å². The molecule has 118 valence electrons. The van der Waals surface area contributed by atoms with Crippen molar-refractivity contribution in [2.24, 2.45) is 0 Å². The van der Waals surface area contributed by atoms with Crippen molar-refractivity contribution >= 4 is 15.7 Å². The summed E-state index contributed by atoms with van der Waals surface area (Å²) in [6.45, 7) is 7.91. The number of hydrogen-bond acceptors (Lipinski definition) is 4. The highest BCUT2D eigenvalue weighted by Gasteiger charge is 2.33. The van der Waals surface area contributed by atoms with Gasteiger partial charge in [0.25, 0.3) is 0 Å². The van der Waals surface area contributed by atoms with Gasteiger partial charge in [0.05, 0.1) is 4.90 Å². The molecule has 0 saturated carbocycles. The number of anilines is 1. The third-order valence-electron chi connectivity index (χ3n) is 4.07. The van der Waals surface area contributed by atoms with Crippen LogP contribution in [0, 0.1) is 12.7 Å². The number of benzene rings is 1. The van der Waals surface area contributed by atoms with Crippen LogP contribution in [0.25, 0.3) is 0 Å². The third-order valence-corrected chi connectivity index (χ3v) is 6.06. The van der Waals surface area contributed by atoms with E-state index in [0.717, 1.165) is 12.6 Å². The van der Waals surface area contributed by atoms with Crippen molar-refractivity contribution in [3.8, 4) is 0 Å². The van der Waals surface area contributed by atoms with Crippen LogP contribution >= 0.6 is 0 Å². The average molecular weight is 315 g/mol. The van der Waals surface area contributed by atoms with E-state index in [-0.39, 0.29) is 22.2 Å². The van der Waals surface area contributed by atoms with Gasteiger partial charge in [0.15, 0.2) is 0 Å². The normalized spacial score (nSPS) is 21.6. The van der Waals surface area contributed by atoms with Gasteiger partial charge >= 0.3 is 0 Å². The number of halogens is 1. The monoisotopic (exact) mass is 315 g/mol. The summed E-state index contributed by atoms with van der Waals surface area (Å²) in [6.07, 6.45) is 0. The minimum Gasteiger partial charge on any atom is -0.399 e. The number of hydrogen-bond donors (Lipinski definition) is 1. The number of piperazine rings is 1. The van der Waals surface area contributed by atoms with E-state index >= 15 is 0 Å². The van der Waals surface area contributed by atoms with E-state index in [1.165, 1.54) is 17.3 Å². The van der Waals surface area contributed by atoms with Crippen LogP contribution in [-0.4, -0.2) is 49.8 Å². The van der Waals surface area contributed by atoms with Gasteiger partial charge in [0.2, 0.25) is 10.0 Å². The van der Waals surface area contributed by atoms with Gasteiger partial charge in [0, 0.05) is 36.9 Å². The lowest BCUT2D eigenvalue weighted by Gasteiger charge is -2.38. The van der Waals surface area contributed by atoms with Gasteiger partial charge in [-0.1, -0.05) is 6.92 Å². The van der Waals surface area contributed by atoms with Gasteiger partial charge in [-0.2, -0.15) is 4.31 Å². The summed E-state index contributed by atoms with van der Waals surface area (Å²) in [5, 5.41) is 0. The van der Waals surface area contributed by atoms with Crippen molar-refractivity contribution in [2.75, 3.05) is 31.9 Å². The number of sulfonamides is 1. The fraction of sp³-hybridized carbons (Fsp3) is 0.571. The lowest BCUT2D eigenvalue weighted by atomic mass is 10.2. The van der Waals surface area contributed by atoms with Crippen LogP contribution in [0.3, 0.4) is 0 Å². The Morgan fingerprint density at radius 1 is 1.38 bits per heavy atom. The van der Waals surface area contributed by atoms with Crippen LogP contribution in [0.4, 0.5) is 10.1 Å². The van der Waals surface area contributed by atoms with Gasteiger partial charge in [-0.3, -0.25) is 4.90 Å². The predicted octanol–water partition coefficient (Wildman–Crippen LogP) is 1.43. The van der Waals surface area contributed by atoms with Crippen LogP contribution in [-0.2, 0) is 10.0 Å². The molecule has 2 N–H and O–H groups in total. The van der Waals surface area contributed by atoms with Crippen LogP contribution < -0.4 is 5.73 Å². The zero-order chi connectivity index (χ0) is 15.8. The third kappa shape index (κ3) is 3.04. The van der Waals surface area contributed by atoms with Crippen LogP contribution in [0.2, 0.25) is 0 Å². The minimum absolute atomic E-state index is 0.0304. The zero-order valence-electron chi connectivity index (χ0n) is 12.6. The maximum Gasteiger partial charge on any atom is 0.243 e. The lowest BCUT2D eigenvalue weighted by Crippen LogP contribution is -2.53. The van der Waals surface area contributed by atoms with Crippen molar-refractivity contribution < 1.29 is 12.8 Å². The first-order chi connectivity index (χ1) is 9.77. The second kappa shape index (κ2) is 5.90. The molecular formula is C14H22FN3O2S. The summed E-state index contributed by atoms with van der Waals surface area (Å²) in [7, 11) is -3.72. The molecule has 5 nitrogen and oxygen atoms in total. The molecule has 1 aromatic rings. The second-order valence-electron chi connectivity index (χ2n) is 5.47. The summed E-state index contributed by atoms with van der Waals surface area (Å²) in [6, 6.07) is 2.63. The molecule has 1 aromatic carbocycles. The summed E-state index contributed by atoms with van der Waals surface area (Å²) in [5.41, 5.74) is 5.84. The highest BCUT2D eigenvalue weighted by atomic mass is 32.2. The number of rotatable bonds is 3. The van der Waals surface area contributed by atoms with Crippen molar-refractivity contribution in [1.82, 2.24) is 9.21 Å². The van der Waals surface area contributed by atoms with Gasteiger partial charge in [-0.05, 0) is 32.5 Å². The first-order valence-corrected chi connectivity index (χ1v) is 8.51. The fourth-order valence-electron chi connectivity index (χ4n) is 2.73. The van der Waals surface area contributed by atoms with Crippen LogP contribution in [0.5, 0.6) is 0 Å². The van der Waals surface area contributed by atoms with Crippen molar-refractivity contribution in [1.29, 1.82) is 0 Å². The standard InChI is InChI=1S/C14H22FN3O2S/c1-4-17-5-6-18(9-10(17)2)21(19,20)14-8-12(16)7-13(15)11(14)3/h7-8,10H,4-6,9,16H2,1-3H3. The smallest absolute Gasteiger partial charge is 0.243 e. The number of likely N-dealkylation sites (N-methyl/N-ethyl adjacent to an activating group) is 1. The molecule has 0 amide bonds. The van der Waals surface area contributed by atoms with E-state index in [1.54, 1.807) is 0 Å². The Morgan fingerprint density at radius 2 is 2.05 bits per heavy atom. The molecule has 1 saturated heterocycles. The first kappa shape index (κ1) is 16.2. The molecule has 0 spiro atoms. The summed E-state index contributed by atoms with van der Waals surface area (Å²) < 4.78 is 40.7. The van der Waals surface area contributed by atoms with Gasteiger partial charge in [-0.15, -0.1) is 0 Å². The maximum absolute atomic E-state index is 13.8. The Balaban J connectivity index is 2.36. The molecule has 7 heteroatoms. The molecule has 1 heterocycles. The highest BCUT2D eigenvalue weighted by Crippen LogP contribution is 2.26. The van der Waals surface area contributed by atoms with E-state index in [2.05, 4.69) is 11.8 Å². The molecule has 1 atom stereocenters. The highest BCUT2D eigenvalue weighted by molar-refractivity contribution is 7.89. The zero-order valence-corrected chi connectivity index (χ0v) is 13.5. The van der Waals surface area contributed by atoms with Crippen molar-refractivity contribution in [3.63, 3.8) is 0 Å². The van der Waals surface area contributed by atoms with Gasteiger partial charge in [0.1, 0.15) is 5.82 Å². The Morgan fingerprint density at radius 3 is 2.62 bits per heavy atom. The number of nitrogen functional groups attached to an aromatic ring is 1. The molecule has 1 aliphatic heterocycles. The topological polar surface area (TPSA) is 66.6 Å². The van der Waals surface area contributed by atoms with Crippen molar-refractivity contribution in [2.45, 2.75) is 31.7 Å². The number of nitrogens with two attached hydrogens (primary N) is 1. The second-order valence-corrected chi connectivity index (χ2v) is 7.37. The molecule has 0 radical (unpaired) electrons. The largest absolute Gasteiger partial charge is 0.399 e. The maximum atomic E-state index is 13.8. The van der Waals surface area contributed by atoms with Crippen LogP contribution in [0.1, 0.15) is 19.4 Å². The molecule has 0 bridgehead atoms. The number of nitrogens with zero attached hydrogens (tertiary/aromatic N) is 2. The quantitative estimate of drug-likeness (QED) is 0.857. The molecule has 0 aromatic heterocycles. The average Bonchev–Trinajstić information content (AvgIpc) is 2.42. The van der Waals surface area contributed by atoms with E-state index in [0.29, 0.717) is 19.6 Å². The Kier molecular flexibility index (Phi) is 4.55. The summed E-state index contributed by atoms with van der Waals surface area (Å²) >= 11 is 0. The molecular weight excluding hydrogens is 293 g/mol. The summed E-state index contributed by atoms with van der Waals surface area (Å²) in [4.78, 5) is 2.19. The molecule has 0 aliphatic carbocycles. The Labute approximate surface area is 125 Å². The van der Waals surface area contributed by atoms with E-state index in [1.807, 2.05) is 6.92 Å². The Hall–Kier alpha value is -1.18. The first-order valence-electron chi connectivity index (χ1n) is 7.07. The minimum atomic E-state index is -3.72. The van der Waals surface area contributed by atoms with Gasteiger partial charge in [-0.25, -0.2) is 12.8 Å². The van der Waals surface area contributed by atoms with Gasteiger partial charge < -0.3 is 5.73 Å². The molecule has 1 aliphatic rings. The molecule has 1 fully saturated rings. The van der Waals surface area contributed by atoms with Crippen molar-refractivity contribution in [3.05, 3.63) is 23.5 Å². The summed E-state index contributed by atoms with van der Waals surface area (Å²) in [5.74, 6) is -0.589. The van der Waals surface area contributed by atoms with Crippen LogP contribution in [0.15, 0.2) is 17.0 Å². The fourth-order valence-corrected chi connectivity index (χ4v) is 4.51. The van der Waals surface area contributed by atoms with E-state index in [9.17, 15) is 12.8 Å². The molecule has 21 heavy (non-hydrogen) atoms. The predicted molar refractivity (Wildman–Crippen MR) is 81.0 cm³/mol. The SMILES string of the molecule is CCN1CCN(S(=O)(=O)c2cc(N)cc(F)c2C)CC1C. The lowest BCUT2D eigenvalue weighted by molar-refractivity contribution is 0.135.